The Morgan fingerprint density at radius 1 is 0.940 bits per heavy atom. The molecule has 2 atom stereocenters. The average molecular weight is 726 g/mol. The van der Waals surface area contributed by atoms with Gasteiger partial charge in [-0.1, -0.05) is 36.0 Å². The van der Waals surface area contributed by atoms with Crippen LogP contribution in [0, 0.1) is 5.92 Å². The number of nitrogens with one attached hydrogen (secondary N) is 1. The van der Waals surface area contributed by atoms with Crippen LogP contribution < -0.4 is 24.3 Å². The number of thiocarbonyl (C=S) groups is 1. The number of ether oxygens (including phenoxy) is 5. The minimum absolute atomic E-state index is 0.131. The van der Waals surface area contributed by atoms with Crippen molar-refractivity contribution in [3.05, 3.63) is 81.9 Å². The van der Waals surface area contributed by atoms with E-state index in [0.717, 1.165) is 10.5 Å². The largest absolute Gasteiger partial charge is 0.496 e. The summed E-state index contributed by atoms with van der Waals surface area (Å²) in [5.74, 6) is 0.600. The highest BCUT2D eigenvalue weighted by Crippen LogP contribution is 2.36. The molecule has 0 saturated carbocycles. The third-order valence-corrected chi connectivity index (χ3v) is 8.83. The number of imide groups is 1. The van der Waals surface area contributed by atoms with E-state index in [1.54, 1.807) is 111 Å². The van der Waals surface area contributed by atoms with E-state index in [1.165, 1.54) is 0 Å². The molecule has 13 heteroatoms. The Hall–Kier alpha value is -4.55. The first-order valence-electron chi connectivity index (χ1n) is 16.0. The third kappa shape index (κ3) is 9.36. The summed E-state index contributed by atoms with van der Waals surface area (Å²) < 4.78 is 27.8. The number of carbonyl (C=O) groups excluding carboxylic acids is 3. The molecule has 3 amide bonds. The van der Waals surface area contributed by atoms with Gasteiger partial charge in [0.1, 0.15) is 28.6 Å². The van der Waals surface area contributed by atoms with E-state index in [-0.39, 0.29) is 26.1 Å². The zero-order chi connectivity index (χ0) is 36.7. The molecule has 0 aromatic heterocycles. The van der Waals surface area contributed by atoms with Crippen molar-refractivity contribution in [1.29, 1.82) is 0 Å². The van der Waals surface area contributed by atoms with Crippen LogP contribution in [0.2, 0.25) is 5.02 Å². The lowest BCUT2D eigenvalue weighted by molar-refractivity contribution is -0.131. The van der Waals surface area contributed by atoms with Crippen molar-refractivity contribution in [1.82, 2.24) is 15.1 Å². The molecule has 50 heavy (non-hydrogen) atoms. The fraction of sp³-hybridized carbons (Fsp3) is 0.405. The van der Waals surface area contributed by atoms with Crippen molar-refractivity contribution in [3.63, 3.8) is 0 Å². The first-order valence-corrected chi connectivity index (χ1v) is 16.8. The van der Waals surface area contributed by atoms with Crippen molar-refractivity contribution in [3.8, 4) is 23.0 Å². The second-order valence-electron chi connectivity index (χ2n) is 12.9. The Morgan fingerprint density at radius 3 is 2.12 bits per heavy atom. The quantitative estimate of drug-likeness (QED) is 0.171. The molecule has 0 bridgehead atoms. The summed E-state index contributed by atoms with van der Waals surface area (Å²) in [6, 6.07) is 14.4. The predicted molar refractivity (Wildman–Crippen MR) is 195 cm³/mol. The van der Waals surface area contributed by atoms with Gasteiger partial charge >= 0.3 is 12.0 Å². The van der Waals surface area contributed by atoms with Crippen LogP contribution in [0.5, 0.6) is 23.0 Å². The van der Waals surface area contributed by atoms with Crippen LogP contribution in [0.4, 0.5) is 4.79 Å². The molecule has 1 aliphatic heterocycles. The van der Waals surface area contributed by atoms with Gasteiger partial charge in [0, 0.05) is 23.7 Å². The maximum Gasteiger partial charge on any atom is 0.338 e. The molecule has 0 spiro atoms. The van der Waals surface area contributed by atoms with E-state index in [1.807, 2.05) is 4.90 Å². The van der Waals surface area contributed by atoms with Gasteiger partial charge < -0.3 is 33.9 Å². The molecule has 1 N–H and O–H groups in total. The Kier molecular flexibility index (Phi) is 12.6. The number of esters is 1. The molecule has 3 aromatic rings. The number of hydrogen-bond acceptors (Lipinski definition) is 9. The normalized spacial score (nSPS) is 15.6. The summed E-state index contributed by atoms with van der Waals surface area (Å²) in [7, 11) is 6.20. The SMILES string of the molecule is COc1cc(OC)c(CN2C[C@@H](Cc3cc(Cl)ccc3OC)C(=O)N(C(=O)N[C@H](C)c3ccc(C(=O)OC(C)(C)C)cc3)CC2=S)c(OC)c1. The van der Waals surface area contributed by atoms with Crippen LogP contribution in [-0.4, -0.2) is 79.8 Å². The standard InChI is InChI=1S/C37H44ClN3O8S/c1-22(23-9-11-24(12-10-23)35(43)49-37(2,3)4)39-36(44)41-21-33(50)40(20-29-31(47-7)17-28(45-5)18-32(29)48-8)19-26(34(41)42)15-25-16-27(38)13-14-30(25)46-6/h9-14,16-18,22,26H,15,19-21H2,1-8H3,(H,39,44)/t22-,26-/m1/s1. The molecule has 1 saturated heterocycles. The molecule has 1 fully saturated rings. The number of urea groups is 1. The Morgan fingerprint density at radius 2 is 1.56 bits per heavy atom. The molecule has 4 rings (SSSR count). The fourth-order valence-electron chi connectivity index (χ4n) is 5.64. The van der Waals surface area contributed by atoms with Gasteiger partial charge in [0.05, 0.1) is 69.6 Å². The van der Waals surface area contributed by atoms with Crippen molar-refractivity contribution in [2.24, 2.45) is 5.92 Å². The van der Waals surface area contributed by atoms with Crippen molar-refractivity contribution in [2.45, 2.75) is 52.3 Å². The Balaban J connectivity index is 1.63. The number of halogens is 1. The Bertz CT molecular complexity index is 1700. The van der Waals surface area contributed by atoms with Crippen molar-refractivity contribution >= 4 is 46.7 Å². The summed E-state index contributed by atoms with van der Waals surface area (Å²) in [5, 5.41) is 3.42. The fourth-order valence-corrected chi connectivity index (χ4v) is 6.11. The van der Waals surface area contributed by atoms with Crippen LogP contribution in [0.25, 0.3) is 0 Å². The number of rotatable bonds is 11. The third-order valence-electron chi connectivity index (χ3n) is 8.21. The minimum atomic E-state index is -0.716. The van der Waals surface area contributed by atoms with Crippen LogP contribution in [0.3, 0.4) is 0 Å². The van der Waals surface area contributed by atoms with Crippen molar-refractivity contribution < 1.29 is 38.1 Å². The smallest absolute Gasteiger partial charge is 0.338 e. The molecule has 11 nitrogen and oxygen atoms in total. The predicted octanol–water partition coefficient (Wildman–Crippen LogP) is 6.63. The maximum atomic E-state index is 14.3. The highest BCUT2D eigenvalue weighted by atomic mass is 35.5. The number of carbonyl (C=O) groups is 3. The molecule has 1 aliphatic rings. The van der Waals surface area contributed by atoms with Crippen LogP contribution in [0.1, 0.15) is 60.8 Å². The lowest BCUT2D eigenvalue weighted by Crippen LogP contribution is -2.48. The lowest BCUT2D eigenvalue weighted by atomic mass is 9.96. The Labute approximate surface area is 303 Å². The summed E-state index contributed by atoms with van der Waals surface area (Å²) in [5.41, 5.74) is 1.90. The maximum absolute atomic E-state index is 14.3. The number of nitrogens with zero attached hydrogens (tertiary/aromatic N) is 2. The zero-order valence-electron chi connectivity index (χ0n) is 29.6. The number of benzene rings is 3. The molecular formula is C37H44ClN3O8S. The summed E-state index contributed by atoms with van der Waals surface area (Å²) in [4.78, 5) is 44.1. The number of methoxy groups -OCH3 is 4. The monoisotopic (exact) mass is 725 g/mol. The second kappa shape index (κ2) is 16.4. The lowest BCUT2D eigenvalue weighted by Gasteiger charge is -2.27. The van der Waals surface area contributed by atoms with E-state index in [4.69, 9.17) is 47.5 Å². The zero-order valence-corrected chi connectivity index (χ0v) is 31.2. The van der Waals surface area contributed by atoms with Crippen LogP contribution in [-0.2, 0) is 22.5 Å². The molecule has 1 heterocycles. The van der Waals surface area contributed by atoms with Gasteiger partial charge in [0.2, 0.25) is 5.91 Å². The molecule has 0 unspecified atom stereocenters. The molecule has 268 valence electrons. The van der Waals surface area contributed by atoms with Gasteiger partial charge in [-0.15, -0.1) is 0 Å². The second-order valence-corrected chi connectivity index (χ2v) is 13.8. The van der Waals surface area contributed by atoms with E-state index < -0.39 is 35.5 Å². The van der Waals surface area contributed by atoms with E-state index >= 15 is 0 Å². The number of amides is 3. The van der Waals surface area contributed by atoms with Crippen molar-refractivity contribution in [2.75, 3.05) is 41.5 Å². The van der Waals surface area contributed by atoms with Gasteiger partial charge in [-0.2, -0.15) is 0 Å². The van der Waals surface area contributed by atoms with Gasteiger partial charge in [-0.05, 0) is 75.6 Å². The topological polar surface area (TPSA) is 116 Å². The first-order chi connectivity index (χ1) is 23.7. The molecule has 0 radical (unpaired) electrons. The highest BCUT2D eigenvalue weighted by Gasteiger charge is 2.37. The summed E-state index contributed by atoms with van der Waals surface area (Å²) >= 11 is 12.2. The first kappa shape index (κ1) is 38.3. The molecule has 0 aliphatic carbocycles. The average Bonchev–Trinajstić information content (AvgIpc) is 3.19. The van der Waals surface area contributed by atoms with Crippen LogP contribution >= 0.6 is 23.8 Å². The summed E-state index contributed by atoms with van der Waals surface area (Å²) in [6.07, 6.45) is 0.226. The summed E-state index contributed by atoms with van der Waals surface area (Å²) in [6.45, 7) is 7.49. The van der Waals surface area contributed by atoms with Gasteiger partial charge in [0.15, 0.2) is 0 Å². The van der Waals surface area contributed by atoms with Gasteiger partial charge in [-0.25, -0.2) is 9.59 Å². The van der Waals surface area contributed by atoms with E-state index in [9.17, 15) is 14.4 Å². The van der Waals surface area contributed by atoms with Gasteiger partial charge in [0.25, 0.3) is 0 Å². The van der Waals surface area contributed by atoms with E-state index in [0.29, 0.717) is 49.7 Å². The molecular weight excluding hydrogens is 682 g/mol. The highest BCUT2D eigenvalue weighted by molar-refractivity contribution is 7.80. The van der Waals surface area contributed by atoms with E-state index in [2.05, 4.69) is 5.32 Å². The van der Waals surface area contributed by atoms with Gasteiger partial charge in [-0.3, -0.25) is 9.69 Å². The molecule has 3 aromatic carbocycles. The van der Waals surface area contributed by atoms with Crippen LogP contribution in [0.15, 0.2) is 54.6 Å². The number of hydrogen-bond donors (Lipinski definition) is 1. The minimum Gasteiger partial charge on any atom is -0.496 e.